The molecule has 50 valence electrons. The van der Waals surface area contributed by atoms with E-state index in [0.29, 0.717) is 0 Å². The fourth-order valence-electron chi connectivity index (χ4n) is 0.859. The van der Waals surface area contributed by atoms with Crippen LogP contribution in [-0.4, -0.2) is 7.11 Å². The van der Waals surface area contributed by atoms with E-state index in [4.69, 9.17) is 10.5 Å². The fraction of sp³-hybridized carbons (Fsp3) is 0.429. The predicted molar refractivity (Wildman–Crippen MR) is 36.6 cm³/mol. The molecule has 0 saturated heterocycles. The standard InChI is InChI=1S/C7H11NO/c1-9-7-4-2-3-6(8)5-7/h3,5H,2,4,8H2,1H3. The van der Waals surface area contributed by atoms with Gasteiger partial charge in [0, 0.05) is 12.1 Å². The Bertz CT molecular complexity index is 158. The fourth-order valence-corrected chi connectivity index (χ4v) is 0.859. The van der Waals surface area contributed by atoms with E-state index in [9.17, 15) is 0 Å². The van der Waals surface area contributed by atoms with Gasteiger partial charge >= 0.3 is 0 Å². The highest BCUT2D eigenvalue weighted by Gasteiger charge is 2.00. The molecule has 0 saturated carbocycles. The molecule has 1 aliphatic carbocycles. The summed E-state index contributed by atoms with van der Waals surface area (Å²) in [6.45, 7) is 0. The van der Waals surface area contributed by atoms with Crippen LogP contribution in [0, 0.1) is 0 Å². The first kappa shape index (κ1) is 6.20. The highest BCUT2D eigenvalue weighted by molar-refractivity contribution is 5.21. The molecule has 1 aliphatic rings. The Morgan fingerprint density at radius 3 is 2.89 bits per heavy atom. The second-order valence-electron chi connectivity index (χ2n) is 2.06. The average Bonchev–Trinajstić information content (AvgIpc) is 1.88. The van der Waals surface area contributed by atoms with Crippen LogP contribution in [0.1, 0.15) is 12.8 Å². The monoisotopic (exact) mass is 125 g/mol. The lowest BCUT2D eigenvalue weighted by Crippen LogP contribution is -2.00. The van der Waals surface area contributed by atoms with Crippen LogP contribution in [0.5, 0.6) is 0 Å². The highest BCUT2D eigenvalue weighted by Crippen LogP contribution is 2.13. The van der Waals surface area contributed by atoms with Crippen molar-refractivity contribution >= 4 is 0 Å². The van der Waals surface area contributed by atoms with E-state index < -0.39 is 0 Å². The zero-order valence-electron chi connectivity index (χ0n) is 5.55. The average molecular weight is 125 g/mol. The van der Waals surface area contributed by atoms with Crippen molar-refractivity contribution in [2.45, 2.75) is 12.8 Å². The third-order valence-corrected chi connectivity index (χ3v) is 1.36. The van der Waals surface area contributed by atoms with Crippen LogP contribution in [0.3, 0.4) is 0 Å². The minimum absolute atomic E-state index is 0.818. The quantitative estimate of drug-likeness (QED) is 0.570. The second kappa shape index (κ2) is 2.58. The number of ether oxygens (including phenoxy) is 1. The lowest BCUT2D eigenvalue weighted by Gasteiger charge is -2.08. The van der Waals surface area contributed by atoms with Gasteiger partial charge in [-0.05, 0) is 12.5 Å². The number of rotatable bonds is 1. The van der Waals surface area contributed by atoms with Gasteiger partial charge in [0.2, 0.25) is 0 Å². The van der Waals surface area contributed by atoms with Gasteiger partial charge in [0.15, 0.2) is 0 Å². The van der Waals surface area contributed by atoms with Gasteiger partial charge in [0.1, 0.15) is 0 Å². The molecule has 0 unspecified atom stereocenters. The molecular weight excluding hydrogens is 114 g/mol. The zero-order valence-corrected chi connectivity index (χ0v) is 5.55. The molecule has 1 rings (SSSR count). The normalized spacial score (nSPS) is 18.3. The lowest BCUT2D eigenvalue weighted by molar-refractivity contribution is 0.276. The first-order valence-corrected chi connectivity index (χ1v) is 3.03. The molecule has 0 spiro atoms. The SMILES string of the molecule is COC1=CC(N)=CCC1. The summed E-state index contributed by atoms with van der Waals surface area (Å²) in [5.74, 6) is 0.981. The zero-order chi connectivity index (χ0) is 6.69. The number of hydrogen-bond donors (Lipinski definition) is 1. The minimum Gasteiger partial charge on any atom is -0.501 e. The molecule has 0 atom stereocenters. The minimum atomic E-state index is 0.818. The summed E-state index contributed by atoms with van der Waals surface area (Å²) >= 11 is 0. The molecule has 0 aromatic heterocycles. The molecular formula is C7H11NO. The van der Waals surface area contributed by atoms with Crippen molar-refractivity contribution in [3.63, 3.8) is 0 Å². The summed E-state index contributed by atoms with van der Waals surface area (Å²) in [7, 11) is 1.67. The molecule has 0 aliphatic heterocycles. The van der Waals surface area contributed by atoms with Gasteiger partial charge in [-0.3, -0.25) is 0 Å². The van der Waals surface area contributed by atoms with Crippen LogP contribution in [0.2, 0.25) is 0 Å². The summed E-state index contributed by atoms with van der Waals surface area (Å²) < 4.78 is 5.00. The third-order valence-electron chi connectivity index (χ3n) is 1.36. The van der Waals surface area contributed by atoms with Crippen molar-refractivity contribution in [1.29, 1.82) is 0 Å². The Balaban J connectivity index is 2.63. The number of methoxy groups -OCH3 is 1. The second-order valence-corrected chi connectivity index (χ2v) is 2.06. The Labute approximate surface area is 55.0 Å². The van der Waals surface area contributed by atoms with Gasteiger partial charge in [-0.25, -0.2) is 0 Å². The van der Waals surface area contributed by atoms with Crippen LogP contribution in [0.4, 0.5) is 0 Å². The van der Waals surface area contributed by atoms with E-state index in [0.717, 1.165) is 24.3 Å². The maximum absolute atomic E-state index is 5.51. The largest absolute Gasteiger partial charge is 0.501 e. The van der Waals surface area contributed by atoms with Crippen molar-refractivity contribution in [1.82, 2.24) is 0 Å². The maximum Gasteiger partial charge on any atom is 0.0978 e. The van der Waals surface area contributed by atoms with Gasteiger partial charge < -0.3 is 10.5 Å². The van der Waals surface area contributed by atoms with Gasteiger partial charge in [-0.15, -0.1) is 0 Å². The van der Waals surface area contributed by atoms with E-state index in [-0.39, 0.29) is 0 Å². The van der Waals surface area contributed by atoms with Crippen molar-refractivity contribution in [3.05, 3.63) is 23.6 Å². The Morgan fingerprint density at radius 1 is 1.67 bits per heavy atom. The first-order chi connectivity index (χ1) is 4.33. The van der Waals surface area contributed by atoms with Gasteiger partial charge in [-0.2, -0.15) is 0 Å². The van der Waals surface area contributed by atoms with Crippen LogP contribution in [-0.2, 0) is 4.74 Å². The van der Waals surface area contributed by atoms with Crippen molar-refractivity contribution in [2.75, 3.05) is 7.11 Å². The molecule has 2 heteroatoms. The predicted octanol–water partition coefficient (Wildman–Crippen LogP) is 1.15. The Kier molecular flexibility index (Phi) is 1.78. The number of allylic oxidation sites excluding steroid dienone is 3. The van der Waals surface area contributed by atoms with Gasteiger partial charge in [0.05, 0.1) is 12.9 Å². The smallest absolute Gasteiger partial charge is 0.0978 e. The third kappa shape index (κ3) is 1.49. The van der Waals surface area contributed by atoms with E-state index in [1.165, 1.54) is 0 Å². The summed E-state index contributed by atoms with van der Waals surface area (Å²) in [6, 6.07) is 0. The van der Waals surface area contributed by atoms with E-state index in [1.807, 2.05) is 12.2 Å². The van der Waals surface area contributed by atoms with Crippen molar-refractivity contribution in [2.24, 2.45) is 5.73 Å². The van der Waals surface area contributed by atoms with Gasteiger partial charge in [0.25, 0.3) is 0 Å². The number of nitrogens with two attached hydrogens (primary N) is 1. The summed E-state index contributed by atoms with van der Waals surface area (Å²) in [5.41, 5.74) is 6.32. The Hall–Kier alpha value is -0.920. The van der Waals surface area contributed by atoms with Crippen molar-refractivity contribution < 1.29 is 4.74 Å². The summed E-state index contributed by atoms with van der Waals surface area (Å²) in [5, 5.41) is 0. The molecule has 0 radical (unpaired) electrons. The molecule has 0 bridgehead atoms. The van der Waals surface area contributed by atoms with E-state index >= 15 is 0 Å². The molecule has 2 N–H and O–H groups in total. The van der Waals surface area contributed by atoms with Crippen LogP contribution >= 0.6 is 0 Å². The molecule has 0 aromatic rings. The molecule has 0 amide bonds. The maximum atomic E-state index is 5.51. The summed E-state index contributed by atoms with van der Waals surface area (Å²) in [6.07, 6.45) is 5.86. The van der Waals surface area contributed by atoms with Crippen LogP contribution in [0.15, 0.2) is 23.6 Å². The molecule has 0 heterocycles. The highest BCUT2D eigenvalue weighted by atomic mass is 16.5. The molecule has 2 nitrogen and oxygen atoms in total. The van der Waals surface area contributed by atoms with Gasteiger partial charge in [-0.1, -0.05) is 6.08 Å². The lowest BCUT2D eigenvalue weighted by atomic mass is 10.1. The Morgan fingerprint density at radius 2 is 2.44 bits per heavy atom. The van der Waals surface area contributed by atoms with Crippen LogP contribution in [0.25, 0.3) is 0 Å². The summed E-state index contributed by atoms with van der Waals surface area (Å²) in [4.78, 5) is 0. The van der Waals surface area contributed by atoms with E-state index in [2.05, 4.69) is 0 Å². The molecule has 0 aromatic carbocycles. The van der Waals surface area contributed by atoms with Crippen LogP contribution < -0.4 is 5.73 Å². The van der Waals surface area contributed by atoms with Crippen molar-refractivity contribution in [3.8, 4) is 0 Å². The first-order valence-electron chi connectivity index (χ1n) is 3.03. The topological polar surface area (TPSA) is 35.2 Å². The number of hydrogen-bond acceptors (Lipinski definition) is 2. The molecule has 0 fully saturated rings. The van der Waals surface area contributed by atoms with E-state index in [1.54, 1.807) is 7.11 Å². The molecule has 9 heavy (non-hydrogen) atoms.